The quantitative estimate of drug-likeness (QED) is 0.943. The van der Waals surface area contributed by atoms with Crippen molar-refractivity contribution in [2.45, 2.75) is 12.3 Å². The first-order valence-electron chi connectivity index (χ1n) is 6.32. The van der Waals surface area contributed by atoms with E-state index in [0.717, 1.165) is 11.3 Å². The fraction of sp³-hybridized carbons (Fsp3) is 0.267. The molecule has 5 heteroatoms. The van der Waals surface area contributed by atoms with Gasteiger partial charge in [-0.2, -0.15) is 0 Å². The van der Waals surface area contributed by atoms with Crippen LogP contribution in [-0.2, 0) is 4.79 Å². The molecule has 0 saturated heterocycles. The van der Waals surface area contributed by atoms with Crippen LogP contribution < -0.4 is 14.8 Å². The van der Waals surface area contributed by atoms with Crippen molar-refractivity contribution in [1.82, 2.24) is 0 Å². The van der Waals surface area contributed by atoms with Crippen LogP contribution in [0.4, 0.5) is 5.69 Å². The van der Waals surface area contributed by atoms with Gasteiger partial charge in [0.05, 0.1) is 14.2 Å². The maximum atomic E-state index is 11.9. The lowest BCUT2D eigenvalue weighted by atomic mass is 9.89. The van der Waals surface area contributed by atoms with Crippen LogP contribution in [0.3, 0.4) is 0 Å². The highest BCUT2D eigenvalue weighted by Gasteiger charge is 2.28. The van der Waals surface area contributed by atoms with Crippen LogP contribution in [0.2, 0.25) is 0 Å². The Morgan fingerprint density at radius 3 is 2.65 bits per heavy atom. The third-order valence-electron chi connectivity index (χ3n) is 3.48. The molecule has 1 aromatic heterocycles. The summed E-state index contributed by atoms with van der Waals surface area (Å²) >= 11 is 1.67. The molecule has 20 heavy (non-hydrogen) atoms. The monoisotopic (exact) mass is 289 g/mol. The van der Waals surface area contributed by atoms with Crippen LogP contribution in [0.25, 0.3) is 0 Å². The number of nitrogens with one attached hydrogen (secondary N) is 1. The van der Waals surface area contributed by atoms with Crippen molar-refractivity contribution in [3.8, 4) is 11.5 Å². The van der Waals surface area contributed by atoms with Gasteiger partial charge in [-0.15, -0.1) is 11.3 Å². The summed E-state index contributed by atoms with van der Waals surface area (Å²) in [6.07, 6.45) is 0.461. The SMILES string of the molecule is COc1cc2c(cc1OC)[C@H](c1cccs1)CC(=O)N2. The summed E-state index contributed by atoms with van der Waals surface area (Å²) in [5.41, 5.74) is 1.88. The smallest absolute Gasteiger partial charge is 0.225 e. The van der Waals surface area contributed by atoms with E-state index in [1.54, 1.807) is 25.6 Å². The van der Waals surface area contributed by atoms with E-state index in [-0.39, 0.29) is 11.8 Å². The fourth-order valence-corrected chi connectivity index (χ4v) is 3.38. The summed E-state index contributed by atoms with van der Waals surface area (Å²) < 4.78 is 10.7. The van der Waals surface area contributed by atoms with E-state index in [1.165, 1.54) is 4.88 Å². The van der Waals surface area contributed by atoms with Crippen molar-refractivity contribution >= 4 is 22.9 Å². The number of hydrogen-bond donors (Lipinski definition) is 1. The molecule has 1 aliphatic rings. The molecule has 1 N–H and O–H groups in total. The predicted octanol–water partition coefficient (Wildman–Crippen LogP) is 3.24. The average Bonchev–Trinajstić information content (AvgIpc) is 2.98. The van der Waals surface area contributed by atoms with Crippen LogP contribution in [0, 0.1) is 0 Å². The van der Waals surface area contributed by atoms with Gasteiger partial charge in [-0.1, -0.05) is 6.07 Å². The van der Waals surface area contributed by atoms with Gasteiger partial charge in [-0.25, -0.2) is 0 Å². The second-order valence-corrected chi connectivity index (χ2v) is 5.59. The number of amides is 1. The molecule has 0 fully saturated rings. The van der Waals surface area contributed by atoms with Crippen molar-refractivity contribution < 1.29 is 14.3 Å². The molecule has 0 saturated carbocycles. The minimum absolute atomic E-state index is 0.0307. The van der Waals surface area contributed by atoms with E-state index in [2.05, 4.69) is 11.4 Å². The Hall–Kier alpha value is -2.01. The van der Waals surface area contributed by atoms with E-state index < -0.39 is 0 Å². The Morgan fingerprint density at radius 1 is 1.25 bits per heavy atom. The number of hydrogen-bond acceptors (Lipinski definition) is 4. The number of fused-ring (bicyclic) bond motifs is 1. The Morgan fingerprint density at radius 2 is 2.00 bits per heavy atom. The largest absolute Gasteiger partial charge is 0.493 e. The first kappa shape index (κ1) is 13.0. The molecule has 0 spiro atoms. The molecule has 0 radical (unpaired) electrons. The molecule has 1 aliphatic heterocycles. The summed E-state index contributed by atoms with van der Waals surface area (Å²) in [5.74, 6) is 1.42. The molecule has 2 aromatic rings. The van der Waals surface area contributed by atoms with Crippen LogP contribution in [0.1, 0.15) is 22.8 Å². The van der Waals surface area contributed by atoms with Gasteiger partial charge in [-0.05, 0) is 23.1 Å². The lowest BCUT2D eigenvalue weighted by molar-refractivity contribution is -0.116. The fourth-order valence-electron chi connectivity index (χ4n) is 2.53. The topological polar surface area (TPSA) is 47.6 Å². The molecule has 3 rings (SSSR count). The van der Waals surface area contributed by atoms with Crippen molar-refractivity contribution in [3.05, 3.63) is 40.1 Å². The van der Waals surface area contributed by atoms with E-state index in [9.17, 15) is 4.79 Å². The highest BCUT2D eigenvalue weighted by Crippen LogP contribution is 2.43. The highest BCUT2D eigenvalue weighted by atomic mass is 32.1. The predicted molar refractivity (Wildman–Crippen MR) is 79.0 cm³/mol. The van der Waals surface area contributed by atoms with E-state index in [0.29, 0.717) is 17.9 Å². The summed E-state index contributed by atoms with van der Waals surface area (Å²) in [4.78, 5) is 13.1. The molecule has 0 bridgehead atoms. The van der Waals surface area contributed by atoms with Gasteiger partial charge in [0.1, 0.15) is 0 Å². The second-order valence-electron chi connectivity index (χ2n) is 4.61. The number of anilines is 1. The molecule has 2 heterocycles. The Bertz CT molecular complexity index is 637. The van der Waals surface area contributed by atoms with Crippen LogP contribution in [-0.4, -0.2) is 20.1 Å². The number of carbonyl (C=O) groups is 1. The van der Waals surface area contributed by atoms with Crippen molar-refractivity contribution in [2.24, 2.45) is 0 Å². The molecule has 0 unspecified atom stereocenters. The lowest BCUT2D eigenvalue weighted by Crippen LogP contribution is -2.23. The maximum Gasteiger partial charge on any atom is 0.225 e. The van der Waals surface area contributed by atoms with Gasteiger partial charge in [0.25, 0.3) is 0 Å². The van der Waals surface area contributed by atoms with Gasteiger partial charge >= 0.3 is 0 Å². The van der Waals surface area contributed by atoms with Gasteiger partial charge in [0.15, 0.2) is 11.5 Å². The summed E-state index contributed by atoms with van der Waals surface area (Å²) in [6, 6.07) is 7.85. The van der Waals surface area contributed by atoms with Crippen LogP contribution >= 0.6 is 11.3 Å². The first-order valence-corrected chi connectivity index (χ1v) is 7.20. The molecular formula is C15H15NO3S. The lowest BCUT2D eigenvalue weighted by Gasteiger charge is -2.26. The molecule has 4 nitrogen and oxygen atoms in total. The third-order valence-corrected chi connectivity index (χ3v) is 4.47. The number of thiophene rings is 1. The minimum atomic E-state index is 0.0307. The zero-order chi connectivity index (χ0) is 14.1. The van der Waals surface area contributed by atoms with Crippen LogP contribution in [0.15, 0.2) is 29.6 Å². The van der Waals surface area contributed by atoms with Crippen molar-refractivity contribution in [2.75, 3.05) is 19.5 Å². The van der Waals surface area contributed by atoms with Gasteiger partial charge < -0.3 is 14.8 Å². The highest BCUT2D eigenvalue weighted by molar-refractivity contribution is 7.10. The third kappa shape index (κ3) is 2.14. The van der Waals surface area contributed by atoms with E-state index >= 15 is 0 Å². The summed E-state index contributed by atoms with van der Waals surface area (Å²) in [7, 11) is 3.21. The number of carbonyl (C=O) groups excluding carboxylic acids is 1. The number of benzene rings is 1. The van der Waals surface area contributed by atoms with Crippen molar-refractivity contribution in [3.63, 3.8) is 0 Å². The Kier molecular flexibility index (Phi) is 3.36. The number of methoxy groups -OCH3 is 2. The van der Waals surface area contributed by atoms with E-state index in [4.69, 9.17) is 9.47 Å². The molecule has 104 valence electrons. The van der Waals surface area contributed by atoms with Crippen molar-refractivity contribution in [1.29, 1.82) is 0 Å². The minimum Gasteiger partial charge on any atom is -0.493 e. The molecular weight excluding hydrogens is 274 g/mol. The number of ether oxygens (including phenoxy) is 2. The van der Waals surface area contributed by atoms with Gasteiger partial charge in [0, 0.05) is 29.0 Å². The summed E-state index contributed by atoms with van der Waals surface area (Å²) in [6.45, 7) is 0. The Labute approximate surface area is 121 Å². The molecule has 1 atom stereocenters. The number of rotatable bonds is 3. The molecule has 1 aromatic carbocycles. The standard InChI is InChI=1S/C15H15NO3S/c1-18-12-6-9-10(14-4-3-5-20-14)7-15(17)16-11(9)8-13(12)19-2/h3-6,8,10H,7H2,1-2H3,(H,16,17)/t10-/m1/s1. The summed E-state index contributed by atoms with van der Waals surface area (Å²) in [5, 5.41) is 4.94. The van der Waals surface area contributed by atoms with Crippen LogP contribution in [0.5, 0.6) is 11.5 Å². The van der Waals surface area contributed by atoms with Gasteiger partial charge in [-0.3, -0.25) is 4.79 Å². The van der Waals surface area contributed by atoms with E-state index in [1.807, 2.05) is 23.6 Å². The maximum absolute atomic E-state index is 11.9. The molecule has 1 amide bonds. The zero-order valence-corrected chi connectivity index (χ0v) is 12.1. The molecule has 0 aliphatic carbocycles. The Balaban J connectivity index is 2.13. The zero-order valence-electron chi connectivity index (χ0n) is 11.3. The average molecular weight is 289 g/mol. The first-order chi connectivity index (χ1) is 9.72. The normalized spacial score (nSPS) is 17.3. The second kappa shape index (κ2) is 5.17. The van der Waals surface area contributed by atoms with Gasteiger partial charge in [0.2, 0.25) is 5.91 Å².